The lowest BCUT2D eigenvalue weighted by Gasteiger charge is -2.29. The molecule has 0 saturated carbocycles. The maximum atomic E-state index is 13.2. The third-order valence-corrected chi connectivity index (χ3v) is 5.89. The van der Waals surface area contributed by atoms with Crippen LogP contribution in [0.3, 0.4) is 0 Å². The number of hydrogen-bond donors (Lipinski definition) is 1. The Morgan fingerprint density at radius 3 is 2.55 bits per heavy atom. The molecule has 0 bridgehead atoms. The van der Waals surface area contributed by atoms with Crippen LogP contribution >= 0.6 is 11.8 Å². The van der Waals surface area contributed by atoms with Gasteiger partial charge in [0.15, 0.2) is 0 Å². The third-order valence-electron chi connectivity index (χ3n) is 4.84. The van der Waals surface area contributed by atoms with Gasteiger partial charge in [-0.3, -0.25) is 9.59 Å². The van der Waals surface area contributed by atoms with E-state index in [2.05, 4.69) is 5.32 Å². The van der Waals surface area contributed by atoms with Gasteiger partial charge in [0.2, 0.25) is 5.91 Å². The standard InChI is InChI=1S/C24H21FN2O3S/c1-2-30-20-10-8-19(9-11-20)26-24(29)17-5-12-22-21(13-17)27(23(28)15-31-22)14-16-3-6-18(25)7-4-16/h3-13H,2,14-15H2,1H3,(H,26,29). The summed E-state index contributed by atoms with van der Waals surface area (Å²) in [5.74, 6) is 0.424. The number of rotatable bonds is 6. The minimum atomic E-state index is -0.321. The molecule has 4 rings (SSSR count). The first-order chi connectivity index (χ1) is 15.0. The van der Waals surface area contributed by atoms with Crippen LogP contribution in [0.25, 0.3) is 0 Å². The Balaban J connectivity index is 1.55. The van der Waals surface area contributed by atoms with E-state index in [-0.39, 0.29) is 17.6 Å². The molecule has 0 atom stereocenters. The van der Waals surface area contributed by atoms with Gasteiger partial charge in [0.1, 0.15) is 11.6 Å². The van der Waals surface area contributed by atoms with Crippen molar-refractivity contribution < 1.29 is 18.7 Å². The second-order valence-corrected chi connectivity index (χ2v) is 8.01. The van der Waals surface area contributed by atoms with Crippen molar-refractivity contribution in [1.29, 1.82) is 0 Å². The minimum Gasteiger partial charge on any atom is -0.494 e. The van der Waals surface area contributed by atoms with E-state index in [9.17, 15) is 14.0 Å². The Bertz CT molecular complexity index is 1100. The molecule has 0 fully saturated rings. The van der Waals surface area contributed by atoms with Gasteiger partial charge in [0, 0.05) is 16.1 Å². The van der Waals surface area contributed by atoms with Gasteiger partial charge in [-0.1, -0.05) is 12.1 Å². The van der Waals surface area contributed by atoms with E-state index in [1.54, 1.807) is 53.4 Å². The molecule has 158 valence electrons. The zero-order valence-corrected chi connectivity index (χ0v) is 17.7. The first-order valence-corrected chi connectivity index (χ1v) is 10.9. The lowest BCUT2D eigenvalue weighted by Crippen LogP contribution is -2.35. The highest BCUT2D eigenvalue weighted by molar-refractivity contribution is 8.00. The van der Waals surface area contributed by atoms with Crippen molar-refractivity contribution in [2.45, 2.75) is 18.4 Å². The Hall–Kier alpha value is -3.32. The zero-order valence-electron chi connectivity index (χ0n) is 16.9. The number of nitrogens with one attached hydrogen (secondary N) is 1. The Labute approximate surface area is 184 Å². The molecule has 0 saturated heterocycles. The maximum absolute atomic E-state index is 13.2. The van der Waals surface area contributed by atoms with Gasteiger partial charge < -0.3 is 15.0 Å². The molecular weight excluding hydrogens is 415 g/mol. The molecule has 0 spiro atoms. The quantitative estimate of drug-likeness (QED) is 0.583. The average molecular weight is 437 g/mol. The molecule has 1 aliphatic rings. The Morgan fingerprint density at radius 1 is 1.10 bits per heavy atom. The van der Waals surface area contributed by atoms with Gasteiger partial charge in [0.25, 0.3) is 5.91 Å². The van der Waals surface area contributed by atoms with Crippen LogP contribution in [0.1, 0.15) is 22.8 Å². The van der Waals surface area contributed by atoms with Gasteiger partial charge in [0.05, 0.1) is 24.6 Å². The van der Waals surface area contributed by atoms with Crippen LogP contribution in [0.5, 0.6) is 5.75 Å². The van der Waals surface area contributed by atoms with E-state index in [0.717, 1.165) is 16.2 Å². The van der Waals surface area contributed by atoms with Crippen LogP contribution in [0.4, 0.5) is 15.8 Å². The fourth-order valence-electron chi connectivity index (χ4n) is 3.29. The summed E-state index contributed by atoms with van der Waals surface area (Å²) in [6, 6.07) is 18.6. The third kappa shape index (κ3) is 4.88. The number of ether oxygens (including phenoxy) is 1. The van der Waals surface area contributed by atoms with E-state index in [0.29, 0.717) is 35.8 Å². The normalized spacial score (nSPS) is 13.0. The smallest absolute Gasteiger partial charge is 0.255 e. The molecule has 1 heterocycles. The zero-order chi connectivity index (χ0) is 21.8. The first kappa shape index (κ1) is 20.9. The van der Waals surface area contributed by atoms with Crippen LogP contribution < -0.4 is 15.0 Å². The number of carbonyl (C=O) groups is 2. The van der Waals surface area contributed by atoms with Crippen LogP contribution in [0.2, 0.25) is 0 Å². The van der Waals surface area contributed by atoms with Crippen LogP contribution in [0, 0.1) is 5.82 Å². The van der Waals surface area contributed by atoms with E-state index in [1.165, 1.54) is 23.9 Å². The topological polar surface area (TPSA) is 58.6 Å². The van der Waals surface area contributed by atoms with E-state index >= 15 is 0 Å². The number of carbonyl (C=O) groups excluding carboxylic acids is 2. The summed E-state index contributed by atoms with van der Waals surface area (Å²) in [6.45, 7) is 2.80. The summed E-state index contributed by atoms with van der Waals surface area (Å²) >= 11 is 1.45. The van der Waals surface area contributed by atoms with Crippen molar-refractivity contribution in [3.8, 4) is 5.75 Å². The summed E-state index contributed by atoms with van der Waals surface area (Å²) in [7, 11) is 0. The number of benzene rings is 3. The molecule has 0 aliphatic carbocycles. The number of nitrogens with zero attached hydrogens (tertiary/aromatic N) is 1. The molecule has 0 aromatic heterocycles. The van der Waals surface area contributed by atoms with Crippen LogP contribution in [-0.2, 0) is 11.3 Å². The van der Waals surface area contributed by atoms with Crippen molar-refractivity contribution in [2.24, 2.45) is 0 Å². The maximum Gasteiger partial charge on any atom is 0.255 e. The molecule has 3 aromatic carbocycles. The number of amides is 2. The van der Waals surface area contributed by atoms with Crippen molar-refractivity contribution in [1.82, 2.24) is 0 Å². The Morgan fingerprint density at radius 2 is 1.84 bits per heavy atom. The molecule has 0 radical (unpaired) electrons. The lowest BCUT2D eigenvalue weighted by molar-refractivity contribution is -0.116. The van der Waals surface area contributed by atoms with Crippen LogP contribution in [-0.4, -0.2) is 24.2 Å². The predicted molar refractivity (Wildman–Crippen MR) is 120 cm³/mol. The van der Waals surface area contributed by atoms with Crippen LogP contribution in [0.15, 0.2) is 71.6 Å². The number of hydrogen-bond acceptors (Lipinski definition) is 4. The molecule has 5 nitrogen and oxygen atoms in total. The van der Waals surface area contributed by atoms with Crippen molar-refractivity contribution in [2.75, 3.05) is 22.6 Å². The molecular formula is C24H21FN2O3S. The molecule has 1 aliphatic heterocycles. The van der Waals surface area contributed by atoms with E-state index < -0.39 is 0 Å². The van der Waals surface area contributed by atoms with Gasteiger partial charge >= 0.3 is 0 Å². The summed E-state index contributed by atoms with van der Waals surface area (Å²) in [5.41, 5.74) is 2.61. The van der Waals surface area contributed by atoms with Gasteiger partial charge in [-0.15, -0.1) is 11.8 Å². The molecule has 3 aromatic rings. The van der Waals surface area contributed by atoms with Crippen molar-refractivity contribution >= 4 is 35.0 Å². The molecule has 31 heavy (non-hydrogen) atoms. The highest BCUT2D eigenvalue weighted by Crippen LogP contribution is 2.37. The monoisotopic (exact) mass is 436 g/mol. The number of fused-ring (bicyclic) bond motifs is 1. The molecule has 0 unspecified atom stereocenters. The van der Waals surface area contributed by atoms with E-state index in [1.807, 2.05) is 13.0 Å². The SMILES string of the molecule is CCOc1ccc(NC(=O)c2ccc3c(c2)N(Cc2ccc(F)cc2)C(=O)CS3)cc1. The highest BCUT2D eigenvalue weighted by atomic mass is 32.2. The predicted octanol–water partition coefficient (Wildman–Crippen LogP) is 5.12. The summed E-state index contributed by atoms with van der Waals surface area (Å²) in [6.07, 6.45) is 0. The fourth-order valence-corrected chi connectivity index (χ4v) is 4.21. The number of halogens is 1. The van der Waals surface area contributed by atoms with E-state index in [4.69, 9.17) is 4.74 Å². The van der Waals surface area contributed by atoms with Gasteiger partial charge in [-0.05, 0) is 67.1 Å². The van der Waals surface area contributed by atoms with Crippen molar-refractivity contribution in [3.05, 3.63) is 83.7 Å². The largest absolute Gasteiger partial charge is 0.494 e. The summed E-state index contributed by atoms with van der Waals surface area (Å²) in [5, 5.41) is 2.87. The fraction of sp³-hybridized carbons (Fsp3) is 0.167. The summed E-state index contributed by atoms with van der Waals surface area (Å²) < 4.78 is 18.6. The van der Waals surface area contributed by atoms with Gasteiger partial charge in [-0.2, -0.15) is 0 Å². The van der Waals surface area contributed by atoms with Gasteiger partial charge in [-0.25, -0.2) is 4.39 Å². The first-order valence-electron chi connectivity index (χ1n) is 9.89. The average Bonchev–Trinajstić information content (AvgIpc) is 2.78. The van der Waals surface area contributed by atoms with Crippen molar-refractivity contribution in [3.63, 3.8) is 0 Å². The molecule has 7 heteroatoms. The minimum absolute atomic E-state index is 0.0501. The summed E-state index contributed by atoms with van der Waals surface area (Å²) in [4.78, 5) is 28.0. The molecule has 1 N–H and O–H groups in total. The highest BCUT2D eigenvalue weighted by Gasteiger charge is 2.26. The number of anilines is 2. The molecule has 2 amide bonds. The number of thioether (sulfide) groups is 1. The Kier molecular flexibility index (Phi) is 6.23. The second kappa shape index (κ2) is 9.22. The second-order valence-electron chi connectivity index (χ2n) is 6.99. The lowest BCUT2D eigenvalue weighted by atomic mass is 10.1.